The van der Waals surface area contributed by atoms with Crippen molar-refractivity contribution in [3.8, 4) is 0 Å². The minimum atomic E-state index is -5.27. The predicted molar refractivity (Wildman–Crippen MR) is 95.4 cm³/mol. The molecule has 2 rings (SSSR count). The lowest BCUT2D eigenvalue weighted by Gasteiger charge is -2.24. The van der Waals surface area contributed by atoms with Gasteiger partial charge >= 0.3 is 23.7 Å². The van der Waals surface area contributed by atoms with Gasteiger partial charge in [0.2, 0.25) is 0 Å². The fourth-order valence-electron chi connectivity index (χ4n) is 1.84. The molecule has 2 N–H and O–H groups in total. The lowest BCUT2D eigenvalue weighted by Crippen LogP contribution is -2.56. The van der Waals surface area contributed by atoms with Crippen LogP contribution in [-0.2, 0) is 9.59 Å². The van der Waals surface area contributed by atoms with E-state index in [2.05, 4.69) is 31.9 Å². The van der Waals surface area contributed by atoms with Gasteiger partial charge in [-0.05, 0) is 36.4 Å². The van der Waals surface area contributed by atoms with Crippen molar-refractivity contribution in [2.75, 3.05) is 10.6 Å². The Hall–Kier alpha value is -1.94. The third kappa shape index (κ3) is 4.42. The highest BCUT2D eigenvalue weighted by molar-refractivity contribution is 9.10. The number of rotatable bonds is 5. The van der Waals surface area contributed by atoms with E-state index in [9.17, 15) is 27.2 Å². The summed E-state index contributed by atoms with van der Waals surface area (Å²) < 4.78 is 56.8. The third-order valence-electron chi connectivity index (χ3n) is 3.13. The molecule has 0 aliphatic carbocycles. The molecule has 2 amide bonds. The fourth-order valence-corrected chi connectivity index (χ4v) is 2.64. The molecule has 0 aromatic heterocycles. The van der Waals surface area contributed by atoms with Crippen LogP contribution in [0.3, 0.4) is 0 Å². The Morgan fingerprint density at radius 2 is 1.08 bits per heavy atom. The van der Waals surface area contributed by atoms with Gasteiger partial charge in [-0.15, -0.1) is 0 Å². The molecule has 0 aliphatic rings. The monoisotopic (exact) mass is 496 g/mol. The molecule has 0 atom stereocenters. The van der Waals surface area contributed by atoms with Crippen LogP contribution in [0.1, 0.15) is 0 Å². The molecule has 0 aliphatic heterocycles. The molecule has 0 spiro atoms. The van der Waals surface area contributed by atoms with Crippen molar-refractivity contribution in [3.63, 3.8) is 0 Å². The van der Waals surface area contributed by atoms with Gasteiger partial charge in [-0.1, -0.05) is 44.0 Å². The van der Waals surface area contributed by atoms with Gasteiger partial charge in [0.05, 0.1) is 0 Å². The highest BCUT2D eigenvalue weighted by Crippen LogP contribution is 2.36. The van der Waals surface area contributed by atoms with E-state index in [-0.39, 0.29) is 11.4 Å². The first-order valence-electron chi connectivity index (χ1n) is 6.93. The summed E-state index contributed by atoms with van der Waals surface area (Å²) in [5.41, 5.74) is -0.264. The number of anilines is 2. The van der Waals surface area contributed by atoms with E-state index >= 15 is 0 Å². The Morgan fingerprint density at radius 3 is 1.38 bits per heavy atom. The van der Waals surface area contributed by atoms with Gasteiger partial charge in [-0.25, -0.2) is 0 Å². The van der Waals surface area contributed by atoms with Crippen LogP contribution in [-0.4, -0.2) is 23.7 Å². The number of alkyl halides is 4. The topological polar surface area (TPSA) is 58.2 Å². The maximum atomic E-state index is 14.0. The zero-order valence-corrected chi connectivity index (χ0v) is 15.9. The van der Waals surface area contributed by atoms with Crippen molar-refractivity contribution < 1.29 is 27.2 Å². The maximum Gasteiger partial charge on any atom is 0.396 e. The first-order valence-corrected chi connectivity index (χ1v) is 8.52. The van der Waals surface area contributed by atoms with Crippen LogP contribution in [0.15, 0.2) is 57.5 Å². The number of hydrogen-bond donors (Lipinski definition) is 2. The van der Waals surface area contributed by atoms with Crippen molar-refractivity contribution >= 4 is 55.0 Å². The average Bonchev–Trinajstić information content (AvgIpc) is 2.54. The lowest BCUT2D eigenvalue weighted by atomic mass is 10.1. The van der Waals surface area contributed by atoms with Crippen molar-refractivity contribution in [2.24, 2.45) is 0 Å². The highest BCUT2D eigenvalue weighted by Gasteiger charge is 2.67. The van der Waals surface area contributed by atoms with Crippen LogP contribution < -0.4 is 10.6 Å². The minimum absolute atomic E-state index is 0.132. The molecule has 0 radical (unpaired) electrons. The number of benzene rings is 2. The summed E-state index contributed by atoms with van der Waals surface area (Å²) in [5, 5.41) is 3.34. The Balaban J connectivity index is 2.18. The molecule has 26 heavy (non-hydrogen) atoms. The zero-order chi connectivity index (χ0) is 19.5. The van der Waals surface area contributed by atoms with Gasteiger partial charge in [-0.2, -0.15) is 17.6 Å². The van der Waals surface area contributed by atoms with Crippen molar-refractivity contribution in [1.82, 2.24) is 0 Å². The summed E-state index contributed by atoms with van der Waals surface area (Å²) in [4.78, 5) is 23.3. The van der Waals surface area contributed by atoms with Crippen LogP contribution in [0, 0.1) is 0 Å². The maximum absolute atomic E-state index is 14.0. The quantitative estimate of drug-likeness (QED) is 0.567. The summed E-state index contributed by atoms with van der Waals surface area (Å²) in [7, 11) is 0. The van der Waals surface area contributed by atoms with Crippen molar-refractivity contribution in [1.29, 1.82) is 0 Å². The molecule has 0 saturated carbocycles. The summed E-state index contributed by atoms with van der Waals surface area (Å²) in [5.74, 6) is -15.1. The molecular formula is C16H10Br2F4N2O2. The Labute approximate surface area is 162 Å². The van der Waals surface area contributed by atoms with Crippen LogP contribution in [0.4, 0.5) is 28.9 Å². The van der Waals surface area contributed by atoms with E-state index in [0.717, 1.165) is 0 Å². The van der Waals surface area contributed by atoms with Crippen LogP contribution in [0.25, 0.3) is 0 Å². The number of nitrogens with one attached hydrogen (secondary N) is 2. The Kier molecular flexibility index (Phi) is 6.07. The fraction of sp³-hybridized carbons (Fsp3) is 0.125. The molecule has 0 fully saturated rings. The van der Waals surface area contributed by atoms with E-state index in [1.165, 1.54) is 36.4 Å². The number of amides is 2. The van der Waals surface area contributed by atoms with Crippen molar-refractivity contribution in [3.05, 3.63) is 57.5 Å². The Morgan fingerprint density at radius 1 is 0.731 bits per heavy atom. The molecule has 2 aromatic carbocycles. The second-order valence-corrected chi connectivity index (χ2v) is 6.91. The van der Waals surface area contributed by atoms with Gasteiger partial charge in [0.1, 0.15) is 0 Å². The highest BCUT2D eigenvalue weighted by atomic mass is 79.9. The summed E-state index contributed by atoms with van der Waals surface area (Å²) >= 11 is 6.11. The van der Waals surface area contributed by atoms with Crippen LogP contribution in [0.5, 0.6) is 0 Å². The van der Waals surface area contributed by atoms with Gasteiger partial charge in [0, 0.05) is 20.3 Å². The molecular weight excluding hydrogens is 488 g/mol. The predicted octanol–water partition coefficient (Wildman–Crippen LogP) is 5.06. The lowest BCUT2D eigenvalue weighted by molar-refractivity contribution is -0.204. The average molecular weight is 498 g/mol. The van der Waals surface area contributed by atoms with Gasteiger partial charge in [0.15, 0.2) is 0 Å². The molecule has 0 saturated heterocycles. The molecule has 0 bridgehead atoms. The molecule has 0 heterocycles. The van der Waals surface area contributed by atoms with Crippen LogP contribution in [0.2, 0.25) is 0 Å². The first kappa shape index (κ1) is 20.4. The van der Waals surface area contributed by atoms with E-state index < -0.39 is 23.7 Å². The first-order chi connectivity index (χ1) is 12.0. The van der Waals surface area contributed by atoms with E-state index in [4.69, 9.17) is 0 Å². The molecule has 138 valence electrons. The van der Waals surface area contributed by atoms with Gasteiger partial charge < -0.3 is 10.6 Å². The SMILES string of the molecule is O=C(Nc1cccc(Br)c1)C(F)(F)C(F)(F)C(=O)Nc1cccc(Br)c1. The van der Waals surface area contributed by atoms with E-state index in [1.54, 1.807) is 22.8 Å². The smallest absolute Gasteiger partial charge is 0.321 e. The van der Waals surface area contributed by atoms with E-state index in [1.807, 2.05) is 0 Å². The van der Waals surface area contributed by atoms with E-state index in [0.29, 0.717) is 8.95 Å². The number of carbonyl (C=O) groups excluding carboxylic acids is 2. The molecule has 4 nitrogen and oxygen atoms in total. The normalized spacial score (nSPS) is 11.8. The number of hydrogen-bond acceptors (Lipinski definition) is 2. The molecule has 0 unspecified atom stereocenters. The zero-order valence-electron chi connectivity index (χ0n) is 12.7. The summed E-state index contributed by atoms with van der Waals surface area (Å²) in [6.45, 7) is 0. The van der Waals surface area contributed by atoms with Gasteiger partial charge in [-0.3, -0.25) is 9.59 Å². The Bertz CT molecular complexity index is 777. The number of carbonyl (C=O) groups is 2. The second-order valence-electron chi connectivity index (χ2n) is 5.08. The minimum Gasteiger partial charge on any atom is -0.321 e. The van der Waals surface area contributed by atoms with Gasteiger partial charge in [0.25, 0.3) is 0 Å². The van der Waals surface area contributed by atoms with Crippen LogP contribution >= 0.6 is 31.9 Å². The van der Waals surface area contributed by atoms with Crippen molar-refractivity contribution in [2.45, 2.75) is 11.8 Å². The number of halogens is 6. The third-order valence-corrected chi connectivity index (χ3v) is 4.12. The largest absolute Gasteiger partial charge is 0.396 e. The molecule has 10 heteroatoms. The summed E-state index contributed by atoms with van der Waals surface area (Å²) in [6.07, 6.45) is 0. The second kappa shape index (κ2) is 7.75. The summed E-state index contributed by atoms with van der Waals surface area (Å²) in [6, 6.07) is 10.9. The molecule has 2 aromatic rings. The standard InChI is InChI=1S/C16H10Br2F4N2O2/c17-9-3-1-5-11(7-9)23-13(25)15(19,20)16(21,22)14(26)24-12-6-2-4-10(18)8-12/h1-8H,(H,23,25)(H,24,26).